The molecule has 0 atom stereocenters. The number of hydrogen-bond donors (Lipinski definition) is 1. The molecule has 2 nitrogen and oxygen atoms in total. The van der Waals surface area contributed by atoms with E-state index in [0.717, 1.165) is 32.4 Å². The van der Waals surface area contributed by atoms with E-state index in [1.54, 1.807) is 11.3 Å². The largest absolute Gasteiger partial charge is 0.312 e. The van der Waals surface area contributed by atoms with Crippen LogP contribution in [0.4, 0.5) is 0 Å². The second kappa shape index (κ2) is 7.15. The highest BCUT2D eigenvalue weighted by atomic mass is 79.9. The molecule has 0 unspecified atom stereocenters. The van der Waals surface area contributed by atoms with Gasteiger partial charge in [-0.15, -0.1) is 11.3 Å². The van der Waals surface area contributed by atoms with Crippen molar-refractivity contribution in [3.8, 4) is 6.07 Å². The maximum absolute atomic E-state index is 8.88. The minimum atomic E-state index is -0.170. The molecular weight excluding hydrogens is 296 g/mol. The first-order valence-corrected chi connectivity index (χ1v) is 7.56. The summed E-state index contributed by atoms with van der Waals surface area (Å²) in [5, 5.41) is 14.4. The number of rotatable bonds is 7. The van der Waals surface area contributed by atoms with Crippen LogP contribution in [0.3, 0.4) is 0 Å². The zero-order valence-electron chi connectivity index (χ0n) is 10.4. The van der Waals surface area contributed by atoms with Crippen LogP contribution in [0.15, 0.2) is 15.9 Å². The number of halogens is 1. The lowest BCUT2D eigenvalue weighted by atomic mass is 9.89. The molecule has 0 fully saturated rings. The molecule has 0 aliphatic heterocycles. The van der Waals surface area contributed by atoms with Gasteiger partial charge in [-0.25, -0.2) is 0 Å². The summed E-state index contributed by atoms with van der Waals surface area (Å²) < 4.78 is 1.20. The van der Waals surface area contributed by atoms with E-state index in [4.69, 9.17) is 5.26 Å². The van der Waals surface area contributed by atoms with Crippen molar-refractivity contribution in [1.82, 2.24) is 5.32 Å². The molecule has 94 valence electrons. The lowest BCUT2D eigenvalue weighted by molar-refractivity contribution is 0.422. The van der Waals surface area contributed by atoms with Gasteiger partial charge in [-0.1, -0.05) is 6.42 Å². The highest BCUT2D eigenvalue weighted by Crippen LogP contribution is 2.23. The van der Waals surface area contributed by atoms with Gasteiger partial charge in [0.1, 0.15) is 0 Å². The number of thiophene rings is 1. The van der Waals surface area contributed by atoms with Gasteiger partial charge in [0.05, 0.1) is 11.5 Å². The molecule has 1 rings (SSSR count). The van der Waals surface area contributed by atoms with Gasteiger partial charge in [0, 0.05) is 15.9 Å². The molecule has 0 amide bonds. The first kappa shape index (κ1) is 14.7. The first-order valence-electron chi connectivity index (χ1n) is 5.89. The lowest BCUT2D eigenvalue weighted by Crippen LogP contribution is -2.15. The SMILES string of the molecule is CC(C)(C#N)CCCCNCc1sccc1Br. The molecule has 1 heterocycles. The minimum Gasteiger partial charge on any atom is -0.312 e. The highest BCUT2D eigenvalue weighted by molar-refractivity contribution is 9.10. The molecule has 1 N–H and O–H groups in total. The van der Waals surface area contributed by atoms with Crippen molar-refractivity contribution < 1.29 is 0 Å². The van der Waals surface area contributed by atoms with E-state index in [0.29, 0.717) is 0 Å². The van der Waals surface area contributed by atoms with Crippen LogP contribution in [-0.4, -0.2) is 6.54 Å². The van der Waals surface area contributed by atoms with Crippen molar-refractivity contribution in [1.29, 1.82) is 5.26 Å². The molecule has 4 heteroatoms. The predicted molar refractivity (Wildman–Crippen MR) is 77.0 cm³/mol. The van der Waals surface area contributed by atoms with Crippen molar-refractivity contribution in [2.75, 3.05) is 6.54 Å². The second-order valence-corrected chi connectivity index (χ2v) is 6.68. The first-order chi connectivity index (χ1) is 8.05. The van der Waals surface area contributed by atoms with Crippen LogP contribution in [0.25, 0.3) is 0 Å². The Labute approximate surface area is 116 Å². The van der Waals surface area contributed by atoms with Gasteiger partial charge >= 0.3 is 0 Å². The third-order valence-corrected chi connectivity index (χ3v) is 4.61. The van der Waals surface area contributed by atoms with E-state index in [1.165, 1.54) is 9.35 Å². The molecule has 0 saturated carbocycles. The number of nitriles is 1. The summed E-state index contributed by atoms with van der Waals surface area (Å²) in [5.41, 5.74) is -0.170. The standard InChI is InChI=1S/C13H19BrN2S/c1-13(2,10-15)6-3-4-7-16-9-12-11(14)5-8-17-12/h5,8,16H,3-4,6-7,9H2,1-2H3. The van der Waals surface area contributed by atoms with Crippen LogP contribution in [-0.2, 0) is 6.54 Å². The average Bonchev–Trinajstić information content (AvgIpc) is 2.69. The van der Waals surface area contributed by atoms with Crippen LogP contribution in [0.1, 0.15) is 38.0 Å². The van der Waals surface area contributed by atoms with Crippen LogP contribution in [0.2, 0.25) is 0 Å². The Morgan fingerprint density at radius 2 is 2.24 bits per heavy atom. The molecular formula is C13H19BrN2S. The Balaban J connectivity index is 2.06. The Hall–Kier alpha value is -0.370. The van der Waals surface area contributed by atoms with Gasteiger partial charge < -0.3 is 5.32 Å². The summed E-state index contributed by atoms with van der Waals surface area (Å²) in [6.07, 6.45) is 3.22. The van der Waals surface area contributed by atoms with Gasteiger partial charge in [0.25, 0.3) is 0 Å². The quantitative estimate of drug-likeness (QED) is 0.761. The van der Waals surface area contributed by atoms with E-state index in [2.05, 4.69) is 38.8 Å². The molecule has 1 aromatic rings. The van der Waals surface area contributed by atoms with E-state index in [-0.39, 0.29) is 5.41 Å². The van der Waals surface area contributed by atoms with E-state index >= 15 is 0 Å². The molecule has 17 heavy (non-hydrogen) atoms. The van der Waals surface area contributed by atoms with Gasteiger partial charge in [-0.2, -0.15) is 5.26 Å². The summed E-state index contributed by atoms with van der Waals surface area (Å²) in [7, 11) is 0. The molecule has 0 bridgehead atoms. The molecule has 0 aliphatic carbocycles. The Kier molecular flexibility index (Phi) is 6.18. The maximum atomic E-state index is 8.88. The van der Waals surface area contributed by atoms with Crippen LogP contribution < -0.4 is 5.32 Å². The molecule has 0 spiro atoms. The highest BCUT2D eigenvalue weighted by Gasteiger charge is 2.15. The fraction of sp³-hybridized carbons (Fsp3) is 0.615. The lowest BCUT2D eigenvalue weighted by Gasteiger charge is -2.14. The summed E-state index contributed by atoms with van der Waals surface area (Å²) in [4.78, 5) is 1.35. The zero-order chi connectivity index (χ0) is 12.7. The summed E-state index contributed by atoms with van der Waals surface area (Å²) in [6, 6.07) is 4.42. The smallest absolute Gasteiger partial charge is 0.0683 e. The summed E-state index contributed by atoms with van der Waals surface area (Å²) >= 11 is 5.29. The third-order valence-electron chi connectivity index (χ3n) is 2.68. The van der Waals surface area contributed by atoms with Gasteiger partial charge in [0.15, 0.2) is 0 Å². The second-order valence-electron chi connectivity index (χ2n) is 4.82. The molecule has 1 aromatic heterocycles. The van der Waals surface area contributed by atoms with Crippen molar-refractivity contribution in [3.05, 3.63) is 20.8 Å². The van der Waals surface area contributed by atoms with Crippen molar-refractivity contribution in [2.24, 2.45) is 5.41 Å². The predicted octanol–water partition coefficient (Wildman–Crippen LogP) is 4.32. The van der Waals surface area contributed by atoms with Gasteiger partial charge in [0.2, 0.25) is 0 Å². The van der Waals surface area contributed by atoms with Crippen molar-refractivity contribution >= 4 is 27.3 Å². The Morgan fingerprint density at radius 1 is 1.47 bits per heavy atom. The molecule has 0 radical (unpaired) electrons. The van der Waals surface area contributed by atoms with Gasteiger partial charge in [-0.05, 0) is 60.6 Å². The molecule has 0 aromatic carbocycles. The third kappa shape index (κ3) is 5.67. The molecule has 0 aliphatic rings. The minimum absolute atomic E-state index is 0.170. The van der Waals surface area contributed by atoms with Crippen LogP contribution in [0, 0.1) is 16.7 Å². The summed E-state index contributed by atoms with van der Waals surface area (Å²) in [5.74, 6) is 0. The number of nitrogens with one attached hydrogen (secondary N) is 1. The average molecular weight is 315 g/mol. The van der Waals surface area contributed by atoms with E-state index < -0.39 is 0 Å². The Morgan fingerprint density at radius 3 is 2.82 bits per heavy atom. The van der Waals surface area contributed by atoms with Crippen molar-refractivity contribution in [3.63, 3.8) is 0 Å². The normalized spacial score (nSPS) is 11.4. The Bertz CT molecular complexity index is 379. The number of nitrogens with zero attached hydrogens (tertiary/aromatic N) is 1. The number of unbranched alkanes of at least 4 members (excludes halogenated alkanes) is 1. The van der Waals surface area contributed by atoms with Crippen molar-refractivity contribution in [2.45, 2.75) is 39.7 Å². The monoisotopic (exact) mass is 314 g/mol. The van der Waals surface area contributed by atoms with E-state index in [1.807, 2.05) is 13.8 Å². The maximum Gasteiger partial charge on any atom is 0.0683 e. The number of hydrogen-bond acceptors (Lipinski definition) is 3. The van der Waals surface area contributed by atoms with Gasteiger partial charge in [-0.3, -0.25) is 0 Å². The van der Waals surface area contributed by atoms with Crippen LogP contribution in [0.5, 0.6) is 0 Å². The fourth-order valence-corrected chi connectivity index (χ4v) is 2.99. The topological polar surface area (TPSA) is 35.8 Å². The van der Waals surface area contributed by atoms with Crippen LogP contribution >= 0.6 is 27.3 Å². The molecule has 0 saturated heterocycles. The van der Waals surface area contributed by atoms with E-state index in [9.17, 15) is 0 Å². The zero-order valence-corrected chi connectivity index (χ0v) is 12.8. The fourth-order valence-electron chi connectivity index (χ4n) is 1.53. The summed E-state index contributed by atoms with van der Waals surface area (Å²) in [6.45, 7) is 5.96.